The van der Waals surface area contributed by atoms with E-state index in [4.69, 9.17) is 0 Å². The van der Waals surface area contributed by atoms with Crippen molar-refractivity contribution >= 4 is 39.3 Å². The van der Waals surface area contributed by atoms with Crippen molar-refractivity contribution in [3.63, 3.8) is 0 Å². The van der Waals surface area contributed by atoms with E-state index < -0.39 is 0 Å². The predicted molar refractivity (Wildman–Crippen MR) is 122 cm³/mol. The van der Waals surface area contributed by atoms with Gasteiger partial charge >= 0.3 is 0 Å². The Balaban J connectivity index is 1.54. The lowest BCUT2D eigenvalue weighted by atomic mass is 10.0. The Kier molecular flexibility index (Phi) is 5.71. The highest BCUT2D eigenvalue weighted by Crippen LogP contribution is 2.26. The minimum Gasteiger partial charge on any atom is -0.350 e. The average molecular weight is 495 g/mol. The maximum absolute atomic E-state index is 12.4. The number of amides is 1. The zero-order valence-corrected chi connectivity index (χ0v) is 17.7. The standard InChI is InChI=1S/C23H18IN3O2/c24-18-10-8-16(9-11-18)14-25-22(28)15-27-23(29)13-12-21(26-27)20-7-3-5-17-4-1-2-6-19(17)20/h1-13H,14-15H2,(H,25,28). The van der Waals surface area contributed by atoms with Crippen LogP contribution in [0.2, 0.25) is 0 Å². The van der Waals surface area contributed by atoms with Gasteiger partial charge in [-0.05, 0) is 57.1 Å². The van der Waals surface area contributed by atoms with Crippen LogP contribution in [0.3, 0.4) is 0 Å². The van der Waals surface area contributed by atoms with E-state index >= 15 is 0 Å². The summed E-state index contributed by atoms with van der Waals surface area (Å²) in [6.45, 7) is 0.287. The van der Waals surface area contributed by atoms with Gasteiger partial charge in [0.2, 0.25) is 5.91 Å². The van der Waals surface area contributed by atoms with E-state index in [9.17, 15) is 9.59 Å². The molecule has 0 saturated heterocycles. The number of hydrogen-bond acceptors (Lipinski definition) is 3. The summed E-state index contributed by atoms with van der Waals surface area (Å²) in [5, 5.41) is 9.43. The third-order valence-electron chi connectivity index (χ3n) is 4.63. The highest BCUT2D eigenvalue weighted by Gasteiger charge is 2.10. The van der Waals surface area contributed by atoms with E-state index in [1.807, 2.05) is 66.7 Å². The normalized spacial score (nSPS) is 10.8. The Morgan fingerprint density at radius 2 is 1.69 bits per heavy atom. The number of fused-ring (bicyclic) bond motifs is 1. The van der Waals surface area contributed by atoms with Crippen LogP contribution in [-0.2, 0) is 17.9 Å². The van der Waals surface area contributed by atoms with Crippen LogP contribution < -0.4 is 10.9 Å². The first-order chi connectivity index (χ1) is 14.1. The summed E-state index contributed by atoms with van der Waals surface area (Å²) in [6.07, 6.45) is 0. The van der Waals surface area contributed by atoms with E-state index in [2.05, 4.69) is 33.0 Å². The average Bonchev–Trinajstić information content (AvgIpc) is 2.74. The van der Waals surface area contributed by atoms with Crippen molar-refractivity contribution < 1.29 is 4.79 Å². The molecule has 0 saturated carbocycles. The van der Waals surface area contributed by atoms with Gasteiger partial charge in [-0.2, -0.15) is 5.10 Å². The molecule has 0 fully saturated rings. The maximum atomic E-state index is 12.4. The molecule has 4 rings (SSSR count). The number of carbonyl (C=O) groups is 1. The van der Waals surface area contributed by atoms with Crippen LogP contribution in [0.4, 0.5) is 0 Å². The lowest BCUT2D eigenvalue weighted by molar-refractivity contribution is -0.122. The monoisotopic (exact) mass is 495 g/mol. The van der Waals surface area contributed by atoms with Crippen LogP contribution in [0, 0.1) is 3.57 Å². The van der Waals surface area contributed by atoms with Gasteiger partial charge in [0.25, 0.3) is 5.56 Å². The van der Waals surface area contributed by atoms with Crippen LogP contribution in [-0.4, -0.2) is 15.7 Å². The molecule has 6 heteroatoms. The number of hydrogen-bond donors (Lipinski definition) is 1. The molecule has 1 heterocycles. The van der Waals surface area contributed by atoms with Crippen LogP contribution >= 0.6 is 22.6 Å². The summed E-state index contributed by atoms with van der Waals surface area (Å²) >= 11 is 2.24. The Hall–Kier alpha value is -3.00. The second-order valence-electron chi connectivity index (χ2n) is 6.64. The Morgan fingerprint density at radius 1 is 0.931 bits per heavy atom. The van der Waals surface area contributed by atoms with Gasteiger partial charge in [0.05, 0.1) is 5.69 Å². The van der Waals surface area contributed by atoms with Crippen LogP contribution in [0.15, 0.2) is 83.7 Å². The Morgan fingerprint density at radius 3 is 2.52 bits per heavy atom. The number of aromatic nitrogens is 2. The van der Waals surface area contributed by atoms with Crippen molar-refractivity contribution in [1.29, 1.82) is 0 Å². The molecule has 1 amide bonds. The van der Waals surface area contributed by atoms with Gasteiger partial charge in [-0.3, -0.25) is 9.59 Å². The van der Waals surface area contributed by atoms with Crippen molar-refractivity contribution in [2.75, 3.05) is 0 Å². The molecule has 0 aliphatic rings. The highest BCUT2D eigenvalue weighted by atomic mass is 127. The molecule has 1 N–H and O–H groups in total. The molecule has 144 valence electrons. The molecule has 0 unspecified atom stereocenters. The first-order valence-electron chi connectivity index (χ1n) is 9.17. The number of halogens is 1. The summed E-state index contributed by atoms with van der Waals surface area (Å²) in [5.74, 6) is -0.256. The quantitative estimate of drug-likeness (QED) is 0.426. The number of benzene rings is 3. The largest absolute Gasteiger partial charge is 0.350 e. The van der Waals surface area contributed by atoms with Gasteiger partial charge in [-0.25, -0.2) is 4.68 Å². The van der Waals surface area contributed by atoms with Gasteiger partial charge in [-0.1, -0.05) is 54.6 Å². The smallest absolute Gasteiger partial charge is 0.267 e. The SMILES string of the molecule is O=C(Cn1nc(-c2cccc3ccccc23)ccc1=O)NCc1ccc(I)cc1. The Labute approximate surface area is 181 Å². The minimum atomic E-state index is -0.307. The molecule has 0 spiro atoms. The van der Waals surface area contributed by atoms with Crippen molar-refractivity contribution in [2.24, 2.45) is 0 Å². The molecule has 5 nitrogen and oxygen atoms in total. The highest BCUT2D eigenvalue weighted by molar-refractivity contribution is 14.1. The summed E-state index contributed by atoms with van der Waals surface area (Å²) in [4.78, 5) is 24.6. The molecule has 0 atom stereocenters. The van der Waals surface area contributed by atoms with E-state index in [1.165, 1.54) is 10.7 Å². The van der Waals surface area contributed by atoms with Crippen molar-refractivity contribution in [3.05, 3.63) is 98.4 Å². The Bertz CT molecular complexity index is 1230. The van der Waals surface area contributed by atoms with Gasteiger partial charge in [-0.15, -0.1) is 0 Å². The molecule has 0 aliphatic carbocycles. The van der Waals surface area contributed by atoms with Crippen LogP contribution in [0.5, 0.6) is 0 Å². The van der Waals surface area contributed by atoms with E-state index in [0.717, 1.165) is 25.5 Å². The topological polar surface area (TPSA) is 64.0 Å². The van der Waals surface area contributed by atoms with Gasteiger partial charge < -0.3 is 5.32 Å². The van der Waals surface area contributed by atoms with Crippen molar-refractivity contribution in [2.45, 2.75) is 13.1 Å². The van der Waals surface area contributed by atoms with E-state index in [1.54, 1.807) is 6.07 Å². The third kappa shape index (κ3) is 4.54. The zero-order valence-electron chi connectivity index (χ0n) is 15.5. The molecule has 0 bridgehead atoms. The zero-order chi connectivity index (χ0) is 20.2. The van der Waals surface area contributed by atoms with Gasteiger partial charge in [0, 0.05) is 21.7 Å². The number of nitrogens with zero attached hydrogens (tertiary/aromatic N) is 2. The minimum absolute atomic E-state index is 0.123. The molecule has 1 aromatic heterocycles. The molecule has 4 aromatic rings. The third-order valence-corrected chi connectivity index (χ3v) is 5.35. The molecular weight excluding hydrogens is 477 g/mol. The summed E-state index contributed by atoms with van der Waals surface area (Å²) in [5.41, 5.74) is 2.28. The fourth-order valence-corrected chi connectivity index (χ4v) is 3.51. The van der Waals surface area contributed by atoms with E-state index in [0.29, 0.717) is 12.2 Å². The number of rotatable bonds is 5. The number of carbonyl (C=O) groups excluding carboxylic acids is 1. The lowest BCUT2D eigenvalue weighted by Gasteiger charge is -2.10. The summed E-state index contributed by atoms with van der Waals surface area (Å²) in [7, 11) is 0. The van der Waals surface area contributed by atoms with Crippen LogP contribution in [0.25, 0.3) is 22.0 Å². The fraction of sp³-hybridized carbons (Fsp3) is 0.0870. The fourth-order valence-electron chi connectivity index (χ4n) is 3.15. The second kappa shape index (κ2) is 8.57. The second-order valence-corrected chi connectivity index (χ2v) is 7.89. The van der Waals surface area contributed by atoms with E-state index in [-0.39, 0.29) is 18.0 Å². The van der Waals surface area contributed by atoms with Crippen molar-refractivity contribution in [1.82, 2.24) is 15.1 Å². The predicted octanol–water partition coefficient (Wildman–Crippen LogP) is 3.98. The molecule has 3 aromatic carbocycles. The molecule has 0 radical (unpaired) electrons. The van der Waals surface area contributed by atoms with Gasteiger partial charge in [0.1, 0.15) is 6.54 Å². The molecule has 29 heavy (non-hydrogen) atoms. The van der Waals surface area contributed by atoms with Crippen molar-refractivity contribution in [3.8, 4) is 11.3 Å². The van der Waals surface area contributed by atoms with Gasteiger partial charge in [0.15, 0.2) is 0 Å². The first kappa shape index (κ1) is 19.3. The summed E-state index contributed by atoms with van der Waals surface area (Å²) in [6, 6.07) is 25.0. The molecule has 0 aliphatic heterocycles. The molecular formula is C23H18IN3O2. The number of nitrogens with one attached hydrogen (secondary N) is 1. The maximum Gasteiger partial charge on any atom is 0.267 e. The van der Waals surface area contributed by atoms with Crippen LogP contribution in [0.1, 0.15) is 5.56 Å². The lowest BCUT2D eigenvalue weighted by Crippen LogP contribution is -2.33. The summed E-state index contributed by atoms with van der Waals surface area (Å²) < 4.78 is 2.35. The first-order valence-corrected chi connectivity index (χ1v) is 10.3.